The van der Waals surface area contributed by atoms with E-state index in [2.05, 4.69) is 45.1 Å². The largest absolute Gasteiger partial charge is 1.00 e. The number of anilines is 3. The van der Waals surface area contributed by atoms with E-state index in [1.165, 1.54) is 35.4 Å². The maximum Gasteiger partial charge on any atom is 1.00 e. The summed E-state index contributed by atoms with van der Waals surface area (Å²) in [6, 6.07) is 55.7. The minimum Gasteiger partial charge on any atom is -1.00 e. The number of carbonyl (C=O) groups excluding carboxylic acids is 6. The van der Waals surface area contributed by atoms with Crippen molar-refractivity contribution in [3.8, 4) is 0 Å². The van der Waals surface area contributed by atoms with Gasteiger partial charge in [0.1, 0.15) is 23.3 Å². The van der Waals surface area contributed by atoms with Gasteiger partial charge in [-0.3, -0.25) is 54.5 Å². The van der Waals surface area contributed by atoms with Gasteiger partial charge in [-0.25, -0.2) is 26.4 Å². The second kappa shape index (κ2) is 61.6. The van der Waals surface area contributed by atoms with Gasteiger partial charge in [-0.05, 0) is 231 Å². The summed E-state index contributed by atoms with van der Waals surface area (Å²) in [5.74, 6) is -2.34. The number of hydrogen-bond acceptors (Lipinski definition) is 17. The van der Waals surface area contributed by atoms with Gasteiger partial charge in [0, 0.05) is 38.2 Å². The molecule has 668 valence electrons. The number of aryl methyl sites for hydroxylation is 5. The van der Waals surface area contributed by atoms with Crippen molar-refractivity contribution in [2.45, 2.75) is 192 Å². The fourth-order valence-electron chi connectivity index (χ4n) is 11.9. The Bertz CT molecular complexity index is 4730. The van der Waals surface area contributed by atoms with E-state index in [0.29, 0.717) is 87.2 Å². The van der Waals surface area contributed by atoms with E-state index < -0.39 is 74.8 Å². The Morgan fingerprint density at radius 2 is 0.806 bits per heavy atom. The Labute approximate surface area is 816 Å². The first kappa shape index (κ1) is 112. The molecule has 0 radical (unpaired) electrons. The van der Waals surface area contributed by atoms with Crippen molar-refractivity contribution in [1.82, 2.24) is 16.0 Å². The number of carbonyl (C=O) groups is 7. The standard InChI is InChI=1S/C29H31FN2O4S.C18H17NO5S.C16H24FNO2.C13H20N2O2.C11H16FN.C3H7F.CH3F.CH2O3.2K.H/c1-21-8-14-25(15-9-21)37(35,36)32-26-7-3-2-6-24(26)19-28(33)27(32)20-29(34)31-18-16-23-12-10-22(11-13-23)5-4-17-30;1-12-6-8-14(9-7-12)25(23,24)19-15-5-3-2-4-13(15)10-17(20)16(19)11-18(21)22;1-16(2,3)20-15(19)18-12-10-14-8-6-13(7-9-14)5-4-11-17;1-13(2,3)17-12(16)15-9-8-10-4-6-11(14)7-5-10;12-8-1-2-10-3-5-11(6-4-10)7-9-13;1-2-3-4;1-2;2-1-4-3;;;/h2-3,6-15,27H,4-5,16-20H2,1H3,(H,31,34);2-9,16H,10-11H2,1H3,(H,21,22);6-9H,4-5,10-12H2,1-3H3,(H,18,19);4-7H,8-9,14H2,1-3H3,(H,15,16);3-6H,1-2,7-9,13H2;2-3H2,1H3;1H3;1,3H;;;/q;;;;;;;;2*+1;-1/p-1/t27-;16-;;;;;;;;;/m11........./s1/i;;;;;;1D;;;;. The second-order valence-corrected chi connectivity index (χ2v) is 33.7. The van der Waals surface area contributed by atoms with Gasteiger partial charge in [0.2, 0.25) is 5.91 Å². The smallest absolute Gasteiger partial charge is 1.00 e. The van der Waals surface area contributed by atoms with Crippen LogP contribution in [0.3, 0.4) is 0 Å². The normalized spacial score (nSPS) is 13.0. The molecule has 2 heterocycles. The molecule has 8 aromatic rings. The summed E-state index contributed by atoms with van der Waals surface area (Å²) >= 11 is 0. The molecule has 3 amide bonds. The first-order chi connectivity index (χ1) is 58.5. The Hall–Kier alpha value is -7.81. The zero-order chi connectivity index (χ0) is 91.6. The quantitative estimate of drug-likeness (QED) is 0.00610. The molecule has 0 aromatic heterocycles. The number of aliphatic carboxylic acids is 1. The molecule has 8 N–H and O–H groups in total. The number of carboxylic acids is 1. The minimum atomic E-state index is -4.09. The number of fused-ring (bicyclic) bond motifs is 2. The molecule has 124 heavy (non-hydrogen) atoms. The van der Waals surface area contributed by atoms with E-state index >= 15 is 0 Å². The average Bonchev–Trinajstić information content (AvgIpc) is 0.752. The number of nitrogens with zero attached hydrogens (tertiary/aromatic N) is 2. The number of sulfonamides is 2. The number of benzene rings is 8. The van der Waals surface area contributed by atoms with Crippen LogP contribution >= 0.6 is 0 Å². The number of ether oxygens (including phenoxy) is 2. The van der Waals surface area contributed by atoms with E-state index in [-0.39, 0.29) is 184 Å². The number of carboxylic acid groups (broad SMARTS) is 1. The minimum absolute atomic E-state index is 0. The van der Waals surface area contributed by atoms with Crippen molar-refractivity contribution in [2.24, 2.45) is 5.73 Å². The van der Waals surface area contributed by atoms with Crippen LogP contribution < -0.4 is 144 Å². The van der Waals surface area contributed by atoms with E-state index in [1.807, 2.05) is 128 Å². The first-order valence-electron chi connectivity index (χ1n) is 40.6. The predicted molar refractivity (Wildman–Crippen MR) is 466 cm³/mol. The number of halogens is 5. The number of para-hydroxylation sites is 2. The maximum atomic E-state index is 13.7. The zero-order valence-corrected chi connectivity index (χ0v) is 80.9. The molecule has 0 aliphatic carbocycles. The molecule has 2 atom stereocenters. The second-order valence-electron chi connectivity index (χ2n) is 30.1. The van der Waals surface area contributed by atoms with Crippen molar-refractivity contribution >= 4 is 79.2 Å². The van der Waals surface area contributed by atoms with Crippen LogP contribution in [-0.4, -0.2) is 147 Å². The number of nitrogens with two attached hydrogens (primary N) is 2. The molecule has 0 unspecified atom stereocenters. The van der Waals surface area contributed by atoms with Gasteiger partial charge in [-0.15, -0.1) is 0 Å². The number of amides is 3. The van der Waals surface area contributed by atoms with Crippen LogP contribution in [-0.2, 0) is 116 Å². The number of ketones is 2. The summed E-state index contributed by atoms with van der Waals surface area (Å²) in [4.78, 5) is 83.8. The van der Waals surface area contributed by atoms with Gasteiger partial charge >= 0.3 is 121 Å². The van der Waals surface area contributed by atoms with Crippen LogP contribution in [0.1, 0.15) is 151 Å². The third-order valence-corrected chi connectivity index (χ3v) is 21.5. The van der Waals surface area contributed by atoms with Crippen LogP contribution in [0.2, 0.25) is 0 Å². The van der Waals surface area contributed by atoms with Crippen LogP contribution in [0.15, 0.2) is 204 Å². The molecular formula is C92H120F5K2N7O16S2. The Kier molecular flexibility index (Phi) is 55.7. The number of Topliss-reactive ketones (excluding diaryl/α,β-unsaturated/α-hetero) is 2. The fourth-order valence-corrected chi connectivity index (χ4v) is 15.2. The van der Waals surface area contributed by atoms with Crippen molar-refractivity contribution in [3.63, 3.8) is 0 Å². The van der Waals surface area contributed by atoms with Crippen LogP contribution in [0.5, 0.6) is 0 Å². The number of alkyl carbamates (subject to hydrolysis) is 2. The number of nitrogens with one attached hydrogen (secondary N) is 3. The van der Waals surface area contributed by atoms with E-state index in [0.717, 1.165) is 85.3 Å². The predicted octanol–water partition coefficient (Wildman–Crippen LogP) is 9.08. The molecule has 2 aliphatic heterocycles. The molecule has 2 aliphatic rings. The summed E-state index contributed by atoms with van der Waals surface area (Å²) in [7, 11) is -9.16. The molecule has 0 saturated heterocycles. The Balaban J connectivity index is 0.00000155. The van der Waals surface area contributed by atoms with Gasteiger partial charge in [0.15, 0.2) is 11.6 Å². The molecule has 23 nitrogen and oxygen atoms in total. The molecule has 32 heteroatoms. The van der Waals surface area contributed by atoms with Crippen molar-refractivity contribution in [3.05, 3.63) is 255 Å². The van der Waals surface area contributed by atoms with Crippen molar-refractivity contribution < 1.29 is 203 Å². The summed E-state index contributed by atoms with van der Waals surface area (Å²) in [5.41, 5.74) is 22.6. The maximum absolute atomic E-state index is 13.7. The van der Waals surface area contributed by atoms with Crippen LogP contribution in [0.25, 0.3) is 0 Å². The van der Waals surface area contributed by atoms with Gasteiger partial charge in [-0.1, -0.05) is 164 Å². The molecular weight excluding hydrogens is 1700 g/mol. The molecule has 10 rings (SSSR count). The van der Waals surface area contributed by atoms with E-state index in [4.69, 9.17) is 37.5 Å². The number of hydrogen-bond donors (Lipinski definition) is 6. The summed E-state index contributed by atoms with van der Waals surface area (Å²) in [6.45, 7) is 17.5. The van der Waals surface area contributed by atoms with Crippen LogP contribution in [0.4, 0.5) is 48.6 Å². The zero-order valence-electron chi connectivity index (χ0n) is 75.0. The Morgan fingerprint density at radius 3 is 1.10 bits per heavy atom. The van der Waals surface area contributed by atoms with Gasteiger partial charge in [0.25, 0.3) is 26.5 Å². The number of rotatable bonds is 30. The van der Waals surface area contributed by atoms with E-state index in [1.54, 1.807) is 79.7 Å². The molecule has 0 fully saturated rings. The molecule has 0 spiro atoms. The number of alkyl halides is 5. The summed E-state index contributed by atoms with van der Waals surface area (Å²) < 4.78 is 129. The van der Waals surface area contributed by atoms with Crippen molar-refractivity contribution in [1.29, 1.82) is 0 Å². The van der Waals surface area contributed by atoms with Crippen LogP contribution in [0, 0.1) is 13.8 Å². The third-order valence-electron chi connectivity index (χ3n) is 17.8. The van der Waals surface area contributed by atoms with Crippen molar-refractivity contribution in [2.75, 3.05) is 74.4 Å². The average molecular weight is 1820 g/mol. The topological polar surface area (TPSA) is 353 Å². The molecule has 0 bridgehead atoms. The van der Waals surface area contributed by atoms with Gasteiger partial charge < -0.3 is 53.6 Å². The number of nitrogen functional groups attached to an aromatic ring is 1. The summed E-state index contributed by atoms with van der Waals surface area (Å²) in [5, 5.41) is 25.8. The third kappa shape index (κ3) is 43.6. The molecule has 0 saturated carbocycles. The monoisotopic (exact) mass is 1820 g/mol. The SMILES string of the molecule is CC(C)(C)OC(=O)NCCc1ccc(CCCF)cc1.CC(C)(C)OC(=O)NCCc1ccc(N)cc1.CCCF.Cc1ccc(S(=O)(=O)N2c3ccccc3CC(=O)[C@H]2CC(=O)NCCc2ccc(CCCF)cc2)cc1.Cc1ccc(S(=O)(=O)N2c3ccccc3CC(=O)[C@H]2CC(=O)O)cc1.NCCc1ccc(CCCF)cc1.O=CO[O-].[2H]CF.[H-].[K+].[K+]. The van der Waals surface area contributed by atoms with E-state index in [9.17, 15) is 67.6 Å². The van der Waals surface area contributed by atoms with Gasteiger partial charge in [0.05, 0.1) is 69.2 Å². The summed E-state index contributed by atoms with van der Waals surface area (Å²) in [6.07, 6.45) is 6.14. The fraction of sp³-hybridized carbons (Fsp3) is 0.402. The first-order valence-corrected chi connectivity index (χ1v) is 42.8. The molecule has 8 aromatic carbocycles. The Morgan fingerprint density at radius 1 is 0.516 bits per heavy atom. The van der Waals surface area contributed by atoms with Gasteiger partial charge in [-0.2, -0.15) is 0 Å².